The Morgan fingerprint density at radius 3 is 3.00 bits per heavy atom. The van der Waals surface area contributed by atoms with Crippen molar-refractivity contribution < 1.29 is 13.7 Å². The molecule has 1 amide bonds. The molecule has 0 spiro atoms. The number of benzene rings is 1. The van der Waals surface area contributed by atoms with E-state index in [1.165, 1.54) is 18.2 Å². The highest BCUT2D eigenvalue weighted by Gasteiger charge is 2.24. The molecule has 6 heteroatoms. The molecule has 1 aromatic heterocycles. The minimum atomic E-state index is -0.586. The van der Waals surface area contributed by atoms with Crippen LogP contribution < -0.4 is 5.32 Å². The van der Waals surface area contributed by atoms with E-state index in [4.69, 9.17) is 22.5 Å². The SMILES string of the molecule is C#CCNC(=O)c1c(-c2c(F)cccc2Cl)noc1C. The van der Waals surface area contributed by atoms with Crippen molar-refractivity contribution in [2.24, 2.45) is 0 Å². The summed E-state index contributed by atoms with van der Waals surface area (Å²) in [4.78, 5) is 12.0. The number of carbonyl (C=O) groups excluding carboxylic acids is 1. The molecular weight excluding hydrogens is 283 g/mol. The van der Waals surface area contributed by atoms with E-state index < -0.39 is 11.7 Å². The van der Waals surface area contributed by atoms with Crippen LogP contribution in [-0.4, -0.2) is 17.6 Å². The molecule has 0 aliphatic rings. The maximum Gasteiger partial charge on any atom is 0.257 e. The van der Waals surface area contributed by atoms with Crippen molar-refractivity contribution in [2.45, 2.75) is 6.92 Å². The van der Waals surface area contributed by atoms with Gasteiger partial charge < -0.3 is 9.84 Å². The summed E-state index contributed by atoms with van der Waals surface area (Å²) in [5.41, 5.74) is 0.198. The van der Waals surface area contributed by atoms with Gasteiger partial charge >= 0.3 is 0 Å². The lowest BCUT2D eigenvalue weighted by Crippen LogP contribution is -2.24. The summed E-state index contributed by atoms with van der Waals surface area (Å²) in [5, 5.41) is 6.35. The molecule has 0 aliphatic heterocycles. The number of nitrogens with one attached hydrogen (secondary N) is 1. The number of aromatic nitrogens is 1. The third-order valence-corrected chi connectivity index (χ3v) is 2.96. The molecule has 2 aromatic rings. The van der Waals surface area contributed by atoms with Gasteiger partial charge in [0.25, 0.3) is 5.91 Å². The minimum absolute atomic E-state index is 0.0249. The van der Waals surface area contributed by atoms with E-state index in [-0.39, 0.29) is 34.1 Å². The first-order chi connectivity index (χ1) is 9.56. The molecule has 0 atom stereocenters. The second-order valence-corrected chi connectivity index (χ2v) is 4.35. The molecule has 0 radical (unpaired) electrons. The second kappa shape index (κ2) is 5.76. The molecule has 1 N–H and O–H groups in total. The van der Waals surface area contributed by atoms with Gasteiger partial charge in [0, 0.05) is 0 Å². The third-order valence-electron chi connectivity index (χ3n) is 2.64. The zero-order valence-corrected chi connectivity index (χ0v) is 11.3. The van der Waals surface area contributed by atoms with E-state index in [1.54, 1.807) is 6.92 Å². The van der Waals surface area contributed by atoms with Gasteiger partial charge in [-0.2, -0.15) is 0 Å². The van der Waals surface area contributed by atoms with E-state index in [2.05, 4.69) is 16.4 Å². The van der Waals surface area contributed by atoms with Crippen molar-refractivity contribution in [3.05, 3.63) is 40.4 Å². The number of halogens is 2. The Hall–Kier alpha value is -2.32. The minimum Gasteiger partial charge on any atom is -0.360 e. The third kappa shape index (κ3) is 2.51. The van der Waals surface area contributed by atoms with E-state index >= 15 is 0 Å². The highest BCUT2D eigenvalue weighted by molar-refractivity contribution is 6.33. The lowest BCUT2D eigenvalue weighted by atomic mass is 10.0. The summed E-state index contributed by atoms with van der Waals surface area (Å²) in [6, 6.07) is 4.20. The van der Waals surface area contributed by atoms with Crippen LogP contribution >= 0.6 is 11.6 Å². The summed E-state index contributed by atoms with van der Waals surface area (Å²) >= 11 is 5.97. The first-order valence-electron chi connectivity index (χ1n) is 5.68. The van der Waals surface area contributed by atoms with E-state index in [0.717, 1.165) is 0 Å². The lowest BCUT2D eigenvalue weighted by molar-refractivity contribution is 0.0957. The normalized spacial score (nSPS) is 10.1. The molecule has 0 unspecified atom stereocenters. The molecule has 2 rings (SSSR count). The number of carbonyl (C=O) groups is 1. The van der Waals surface area contributed by atoms with Gasteiger partial charge in [-0.1, -0.05) is 28.7 Å². The smallest absolute Gasteiger partial charge is 0.257 e. The fourth-order valence-electron chi connectivity index (χ4n) is 1.75. The number of amides is 1. The summed E-state index contributed by atoms with van der Waals surface area (Å²) in [7, 11) is 0. The lowest BCUT2D eigenvalue weighted by Gasteiger charge is -2.05. The Morgan fingerprint density at radius 2 is 2.35 bits per heavy atom. The Labute approximate surface area is 119 Å². The maximum atomic E-state index is 13.9. The fourth-order valence-corrected chi connectivity index (χ4v) is 2.01. The largest absolute Gasteiger partial charge is 0.360 e. The van der Waals surface area contributed by atoms with Gasteiger partial charge in [0.15, 0.2) is 0 Å². The summed E-state index contributed by atoms with van der Waals surface area (Å²) in [5.74, 6) is 1.46. The van der Waals surface area contributed by atoms with Gasteiger partial charge in [-0.05, 0) is 19.1 Å². The second-order valence-electron chi connectivity index (χ2n) is 3.95. The maximum absolute atomic E-state index is 13.9. The molecular formula is C14H10ClFN2O2. The average Bonchev–Trinajstić information content (AvgIpc) is 2.78. The number of hydrogen-bond donors (Lipinski definition) is 1. The molecule has 0 bridgehead atoms. The molecule has 102 valence electrons. The average molecular weight is 293 g/mol. The highest BCUT2D eigenvalue weighted by atomic mass is 35.5. The van der Waals surface area contributed by atoms with Crippen molar-refractivity contribution in [3.8, 4) is 23.6 Å². The van der Waals surface area contributed by atoms with Crippen LogP contribution in [0.4, 0.5) is 4.39 Å². The van der Waals surface area contributed by atoms with Gasteiger partial charge in [-0.3, -0.25) is 4.79 Å². The number of terminal acetylenes is 1. The van der Waals surface area contributed by atoms with Crippen molar-refractivity contribution in [1.82, 2.24) is 10.5 Å². The van der Waals surface area contributed by atoms with E-state index in [1.807, 2.05) is 0 Å². The number of nitrogens with zero attached hydrogens (tertiary/aromatic N) is 1. The first-order valence-corrected chi connectivity index (χ1v) is 6.06. The van der Waals surface area contributed by atoms with Crippen LogP contribution in [0.1, 0.15) is 16.1 Å². The molecule has 0 aliphatic carbocycles. The topological polar surface area (TPSA) is 55.1 Å². The quantitative estimate of drug-likeness (QED) is 0.885. The number of hydrogen-bond acceptors (Lipinski definition) is 3. The van der Waals surface area contributed by atoms with Crippen LogP contribution in [-0.2, 0) is 0 Å². The number of aryl methyl sites for hydroxylation is 1. The predicted octanol–water partition coefficient (Wildman–Crippen LogP) is 2.81. The fraction of sp³-hybridized carbons (Fsp3) is 0.143. The Bertz CT molecular complexity index is 683. The van der Waals surface area contributed by atoms with Crippen LogP contribution in [0.3, 0.4) is 0 Å². The Kier molecular flexibility index (Phi) is 4.06. The van der Waals surface area contributed by atoms with Gasteiger partial charge in [0.05, 0.1) is 17.1 Å². The monoisotopic (exact) mass is 292 g/mol. The van der Waals surface area contributed by atoms with Gasteiger partial charge in [0.2, 0.25) is 0 Å². The summed E-state index contributed by atoms with van der Waals surface area (Å²) < 4.78 is 18.9. The predicted molar refractivity (Wildman–Crippen MR) is 72.8 cm³/mol. The van der Waals surface area contributed by atoms with Crippen LogP contribution in [0.2, 0.25) is 5.02 Å². The van der Waals surface area contributed by atoms with Crippen molar-refractivity contribution in [2.75, 3.05) is 6.54 Å². The molecule has 0 saturated heterocycles. The van der Waals surface area contributed by atoms with E-state index in [9.17, 15) is 9.18 Å². The van der Waals surface area contributed by atoms with Crippen molar-refractivity contribution in [1.29, 1.82) is 0 Å². The first kappa shape index (κ1) is 14.1. The van der Waals surface area contributed by atoms with Gasteiger partial charge in [-0.15, -0.1) is 6.42 Å². The van der Waals surface area contributed by atoms with Gasteiger partial charge in [-0.25, -0.2) is 4.39 Å². The van der Waals surface area contributed by atoms with Crippen molar-refractivity contribution >= 4 is 17.5 Å². The zero-order chi connectivity index (χ0) is 14.7. The van der Waals surface area contributed by atoms with Crippen molar-refractivity contribution in [3.63, 3.8) is 0 Å². The van der Waals surface area contributed by atoms with Crippen LogP contribution in [0.5, 0.6) is 0 Å². The highest BCUT2D eigenvalue weighted by Crippen LogP contribution is 2.33. The standard InChI is InChI=1S/C14H10ClFN2O2/c1-3-7-17-14(19)11-8(2)20-18-13(11)12-9(15)5-4-6-10(12)16/h1,4-6H,7H2,2H3,(H,17,19). The number of rotatable bonds is 3. The van der Waals surface area contributed by atoms with Crippen LogP contribution in [0.15, 0.2) is 22.7 Å². The Morgan fingerprint density at radius 1 is 1.60 bits per heavy atom. The van der Waals surface area contributed by atoms with E-state index in [0.29, 0.717) is 0 Å². The molecule has 0 fully saturated rings. The summed E-state index contributed by atoms with van der Waals surface area (Å²) in [6.45, 7) is 1.60. The molecule has 1 heterocycles. The van der Waals surface area contributed by atoms with Crippen LogP contribution in [0, 0.1) is 25.1 Å². The van der Waals surface area contributed by atoms with Gasteiger partial charge in [0.1, 0.15) is 22.8 Å². The molecule has 0 saturated carbocycles. The molecule has 1 aromatic carbocycles. The summed E-state index contributed by atoms with van der Waals surface area (Å²) in [6.07, 6.45) is 5.08. The molecule has 4 nitrogen and oxygen atoms in total. The zero-order valence-electron chi connectivity index (χ0n) is 10.5. The Balaban J connectivity index is 2.55. The molecule has 20 heavy (non-hydrogen) atoms. The van der Waals surface area contributed by atoms with Crippen LogP contribution in [0.25, 0.3) is 11.3 Å².